The van der Waals surface area contributed by atoms with Crippen LogP contribution in [0.25, 0.3) is 0 Å². The first-order valence-electron chi connectivity index (χ1n) is 6.83. The van der Waals surface area contributed by atoms with Crippen LogP contribution < -0.4 is 5.32 Å². The van der Waals surface area contributed by atoms with E-state index in [2.05, 4.69) is 5.32 Å². The Bertz CT molecular complexity index is 406. The predicted molar refractivity (Wildman–Crippen MR) is 71.0 cm³/mol. The van der Waals surface area contributed by atoms with E-state index in [0.29, 0.717) is 18.1 Å². The molecule has 20 heavy (non-hydrogen) atoms. The van der Waals surface area contributed by atoms with Gasteiger partial charge in [0.15, 0.2) is 0 Å². The molecule has 2 rings (SSSR count). The van der Waals surface area contributed by atoms with Crippen LogP contribution in [0, 0.1) is 5.92 Å². The first-order chi connectivity index (χ1) is 9.63. The SMILES string of the molecule is COC1CC[C@@H](COCC2=CC(=O)NC2=O)C(OC)C1. The largest absolute Gasteiger partial charge is 0.381 e. The maximum absolute atomic E-state index is 11.3. The zero-order valence-electron chi connectivity index (χ0n) is 11.9. The molecule has 112 valence electrons. The highest BCUT2D eigenvalue weighted by atomic mass is 16.5. The van der Waals surface area contributed by atoms with Crippen LogP contribution in [-0.2, 0) is 23.8 Å². The van der Waals surface area contributed by atoms with E-state index in [1.807, 2.05) is 0 Å². The topological polar surface area (TPSA) is 73.9 Å². The van der Waals surface area contributed by atoms with Crippen molar-refractivity contribution in [1.29, 1.82) is 0 Å². The minimum atomic E-state index is -0.371. The molecule has 2 unspecified atom stereocenters. The molecule has 1 saturated carbocycles. The van der Waals surface area contributed by atoms with Gasteiger partial charge in [-0.1, -0.05) is 0 Å². The van der Waals surface area contributed by atoms with E-state index in [1.165, 1.54) is 6.08 Å². The fraction of sp³-hybridized carbons (Fsp3) is 0.714. The second-order valence-corrected chi connectivity index (χ2v) is 5.21. The van der Waals surface area contributed by atoms with Gasteiger partial charge in [0.25, 0.3) is 11.8 Å². The highest BCUT2D eigenvalue weighted by Gasteiger charge is 2.31. The number of imide groups is 1. The molecule has 0 radical (unpaired) electrons. The lowest BCUT2D eigenvalue weighted by Crippen LogP contribution is -2.37. The van der Waals surface area contributed by atoms with Crippen LogP contribution in [0.15, 0.2) is 11.6 Å². The molecule has 0 saturated heterocycles. The molecular weight excluding hydrogens is 262 g/mol. The summed E-state index contributed by atoms with van der Waals surface area (Å²) < 4.78 is 16.4. The van der Waals surface area contributed by atoms with Crippen LogP contribution in [-0.4, -0.2) is 51.5 Å². The maximum atomic E-state index is 11.3. The summed E-state index contributed by atoms with van der Waals surface area (Å²) in [7, 11) is 3.41. The van der Waals surface area contributed by atoms with E-state index in [-0.39, 0.29) is 30.6 Å². The molecule has 6 nitrogen and oxygen atoms in total. The number of nitrogens with one attached hydrogen (secondary N) is 1. The molecule has 0 bridgehead atoms. The average molecular weight is 283 g/mol. The molecule has 6 heteroatoms. The molecule has 2 amide bonds. The van der Waals surface area contributed by atoms with Gasteiger partial charge >= 0.3 is 0 Å². The number of amides is 2. The van der Waals surface area contributed by atoms with Crippen LogP contribution in [0.4, 0.5) is 0 Å². The van der Waals surface area contributed by atoms with Gasteiger partial charge in [0.2, 0.25) is 0 Å². The number of hydrogen-bond acceptors (Lipinski definition) is 5. The monoisotopic (exact) mass is 283 g/mol. The van der Waals surface area contributed by atoms with Crippen LogP contribution >= 0.6 is 0 Å². The Morgan fingerprint density at radius 3 is 2.65 bits per heavy atom. The Balaban J connectivity index is 1.77. The van der Waals surface area contributed by atoms with E-state index in [0.717, 1.165) is 19.3 Å². The summed E-state index contributed by atoms with van der Waals surface area (Å²) in [6.07, 6.45) is 4.48. The summed E-state index contributed by atoms with van der Waals surface area (Å²) in [5.74, 6) is -0.433. The number of rotatable bonds is 6. The molecule has 1 heterocycles. The molecular formula is C14H21NO5. The van der Waals surface area contributed by atoms with Crippen molar-refractivity contribution in [2.24, 2.45) is 5.92 Å². The molecule has 0 aromatic carbocycles. The van der Waals surface area contributed by atoms with Gasteiger partial charge in [0.1, 0.15) is 0 Å². The fourth-order valence-electron chi connectivity index (χ4n) is 2.73. The maximum Gasteiger partial charge on any atom is 0.256 e. The number of carbonyl (C=O) groups is 2. The van der Waals surface area contributed by atoms with Gasteiger partial charge in [-0.25, -0.2) is 0 Å². The summed E-state index contributed by atoms with van der Waals surface area (Å²) in [6, 6.07) is 0. The summed E-state index contributed by atoms with van der Waals surface area (Å²) in [4.78, 5) is 22.3. The Hall–Kier alpha value is -1.24. The lowest BCUT2D eigenvalue weighted by Gasteiger charge is -2.34. The zero-order chi connectivity index (χ0) is 14.5. The van der Waals surface area contributed by atoms with Gasteiger partial charge < -0.3 is 14.2 Å². The Kier molecular flexibility index (Phi) is 5.28. The molecule has 1 aliphatic heterocycles. The van der Waals surface area contributed by atoms with Gasteiger partial charge in [0, 0.05) is 38.2 Å². The molecule has 1 fully saturated rings. The van der Waals surface area contributed by atoms with E-state index in [1.54, 1.807) is 14.2 Å². The van der Waals surface area contributed by atoms with E-state index in [9.17, 15) is 9.59 Å². The zero-order valence-corrected chi connectivity index (χ0v) is 11.9. The van der Waals surface area contributed by atoms with Gasteiger partial charge in [-0.2, -0.15) is 0 Å². The first-order valence-corrected chi connectivity index (χ1v) is 6.83. The van der Waals surface area contributed by atoms with Crippen molar-refractivity contribution in [2.45, 2.75) is 31.5 Å². The summed E-state index contributed by atoms with van der Waals surface area (Å²) in [5, 5.41) is 2.20. The third kappa shape index (κ3) is 3.65. The predicted octanol–water partition coefficient (Wildman–Crippen LogP) is 0.416. The van der Waals surface area contributed by atoms with Crippen molar-refractivity contribution < 1.29 is 23.8 Å². The van der Waals surface area contributed by atoms with Crippen LogP contribution in [0.2, 0.25) is 0 Å². The van der Waals surface area contributed by atoms with E-state index < -0.39 is 0 Å². The summed E-state index contributed by atoms with van der Waals surface area (Å²) in [5.41, 5.74) is 0.384. The molecule has 0 spiro atoms. The quantitative estimate of drug-likeness (QED) is 0.715. The van der Waals surface area contributed by atoms with Gasteiger partial charge in [0.05, 0.1) is 25.4 Å². The Labute approximate surface area is 118 Å². The lowest BCUT2D eigenvalue weighted by atomic mass is 9.85. The summed E-state index contributed by atoms with van der Waals surface area (Å²) >= 11 is 0. The number of carbonyl (C=O) groups excluding carboxylic acids is 2. The Morgan fingerprint density at radius 2 is 2.05 bits per heavy atom. The van der Waals surface area contributed by atoms with Crippen molar-refractivity contribution >= 4 is 11.8 Å². The molecule has 0 aromatic rings. The minimum Gasteiger partial charge on any atom is -0.381 e. The highest BCUT2D eigenvalue weighted by molar-refractivity contribution is 6.16. The van der Waals surface area contributed by atoms with Gasteiger partial charge in [-0.3, -0.25) is 14.9 Å². The van der Waals surface area contributed by atoms with Gasteiger partial charge in [-0.05, 0) is 12.8 Å². The van der Waals surface area contributed by atoms with Crippen molar-refractivity contribution in [3.05, 3.63) is 11.6 Å². The number of ether oxygens (including phenoxy) is 3. The normalized spacial score (nSPS) is 30.3. The average Bonchev–Trinajstić information content (AvgIpc) is 2.77. The number of methoxy groups -OCH3 is 2. The molecule has 1 N–H and O–H groups in total. The number of hydrogen-bond donors (Lipinski definition) is 1. The molecule has 3 atom stereocenters. The van der Waals surface area contributed by atoms with Crippen molar-refractivity contribution in [3.63, 3.8) is 0 Å². The van der Waals surface area contributed by atoms with Crippen LogP contribution in [0.1, 0.15) is 19.3 Å². The fourth-order valence-corrected chi connectivity index (χ4v) is 2.73. The standard InChI is InChI=1S/C14H21NO5/c1-18-11-4-3-9(12(6-11)19-2)7-20-8-10-5-13(16)15-14(10)17/h5,9,11-12H,3-4,6-8H2,1-2H3,(H,15,16,17)/t9-,11?,12?/m0/s1. The third-order valence-corrected chi connectivity index (χ3v) is 3.94. The van der Waals surface area contributed by atoms with Gasteiger partial charge in [-0.15, -0.1) is 0 Å². The lowest BCUT2D eigenvalue weighted by molar-refractivity contribution is -0.124. The van der Waals surface area contributed by atoms with E-state index in [4.69, 9.17) is 14.2 Å². The van der Waals surface area contributed by atoms with Crippen molar-refractivity contribution in [2.75, 3.05) is 27.4 Å². The van der Waals surface area contributed by atoms with Crippen molar-refractivity contribution in [3.8, 4) is 0 Å². The van der Waals surface area contributed by atoms with Crippen LogP contribution in [0.5, 0.6) is 0 Å². The third-order valence-electron chi connectivity index (χ3n) is 3.94. The second kappa shape index (κ2) is 6.97. The minimum absolute atomic E-state index is 0.113. The van der Waals surface area contributed by atoms with E-state index >= 15 is 0 Å². The Morgan fingerprint density at radius 1 is 1.25 bits per heavy atom. The highest BCUT2D eigenvalue weighted by Crippen LogP contribution is 2.28. The van der Waals surface area contributed by atoms with Crippen LogP contribution in [0.3, 0.4) is 0 Å². The molecule has 2 aliphatic rings. The second-order valence-electron chi connectivity index (χ2n) is 5.21. The smallest absolute Gasteiger partial charge is 0.256 e. The molecule has 0 aromatic heterocycles. The summed E-state index contributed by atoms with van der Waals surface area (Å²) in [6.45, 7) is 0.686. The van der Waals surface area contributed by atoms with Crippen molar-refractivity contribution in [1.82, 2.24) is 5.32 Å². The first kappa shape index (κ1) is 15.2. The molecule has 1 aliphatic carbocycles.